The van der Waals surface area contributed by atoms with Crippen LogP contribution in [0.15, 0.2) is 47.8 Å². The van der Waals surface area contributed by atoms with E-state index in [1.54, 1.807) is 17.0 Å². The van der Waals surface area contributed by atoms with E-state index in [-0.39, 0.29) is 12.3 Å². The molecular formula is C19H20N2O4S. The number of nitrogens with one attached hydrogen (secondary N) is 1. The van der Waals surface area contributed by atoms with Crippen molar-refractivity contribution in [2.75, 3.05) is 6.54 Å². The third-order valence-electron chi connectivity index (χ3n) is 4.45. The van der Waals surface area contributed by atoms with Crippen molar-refractivity contribution in [1.82, 2.24) is 10.2 Å². The number of thiophene rings is 1. The van der Waals surface area contributed by atoms with Crippen LogP contribution in [-0.2, 0) is 16.0 Å². The van der Waals surface area contributed by atoms with E-state index in [0.717, 1.165) is 12.0 Å². The summed E-state index contributed by atoms with van der Waals surface area (Å²) in [6.07, 6.45) is 1.47. The van der Waals surface area contributed by atoms with Crippen LogP contribution in [0.4, 0.5) is 0 Å². The molecule has 1 aliphatic rings. The number of hydrogen-bond acceptors (Lipinski definition) is 4. The molecule has 1 fully saturated rings. The van der Waals surface area contributed by atoms with Gasteiger partial charge in [-0.15, -0.1) is 11.3 Å². The van der Waals surface area contributed by atoms with E-state index in [1.807, 2.05) is 35.7 Å². The molecule has 1 saturated heterocycles. The number of amides is 2. The van der Waals surface area contributed by atoms with Gasteiger partial charge in [0.2, 0.25) is 5.91 Å². The molecule has 2 atom stereocenters. The van der Waals surface area contributed by atoms with Gasteiger partial charge < -0.3 is 15.3 Å². The maximum absolute atomic E-state index is 12.7. The molecule has 0 bridgehead atoms. The third kappa shape index (κ3) is 4.11. The van der Waals surface area contributed by atoms with Gasteiger partial charge in [0.25, 0.3) is 5.91 Å². The number of carboxylic acids is 1. The van der Waals surface area contributed by atoms with Gasteiger partial charge >= 0.3 is 5.97 Å². The molecule has 2 N–H and O–H groups in total. The van der Waals surface area contributed by atoms with Gasteiger partial charge in [0.15, 0.2) is 0 Å². The van der Waals surface area contributed by atoms with E-state index in [1.165, 1.54) is 11.3 Å². The summed E-state index contributed by atoms with van der Waals surface area (Å²) >= 11 is 1.34. The minimum atomic E-state index is -1.09. The van der Waals surface area contributed by atoms with Crippen molar-refractivity contribution in [1.29, 1.82) is 0 Å². The highest BCUT2D eigenvalue weighted by Crippen LogP contribution is 2.22. The number of nitrogens with zero attached hydrogens (tertiary/aromatic N) is 1. The Kier molecular flexibility index (Phi) is 5.68. The first kappa shape index (κ1) is 18.1. The highest BCUT2D eigenvalue weighted by atomic mass is 32.1. The average Bonchev–Trinajstić information content (AvgIpc) is 3.33. The van der Waals surface area contributed by atoms with Crippen molar-refractivity contribution in [2.45, 2.75) is 31.3 Å². The van der Waals surface area contributed by atoms with Crippen molar-refractivity contribution in [3.63, 3.8) is 0 Å². The van der Waals surface area contributed by atoms with E-state index in [4.69, 9.17) is 0 Å². The second-order valence-electron chi connectivity index (χ2n) is 6.22. The van der Waals surface area contributed by atoms with Gasteiger partial charge in [-0.3, -0.25) is 9.59 Å². The Bertz CT molecular complexity index is 776. The van der Waals surface area contributed by atoms with Crippen LogP contribution < -0.4 is 5.32 Å². The predicted octanol–water partition coefficient (Wildman–Crippen LogP) is 2.16. The molecule has 2 aromatic rings. The van der Waals surface area contributed by atoms with E-state index in [2.05, 4.69) is 5.32 Å². The van der Waals surface area contributed by atoms with Crippen LogP contribution in [0, 0.1) is 0 Å². The maximum Gasteiger partial charge on any atom is 0.326 e. The molecule has 0 aliphatic carbocycles. The first-order valence-corrected chi connectivity index (χ1v) is 9.36. The van der Waals surface area contributed by atoms with E-state index in [0.29, 0.717) is 17.8 Å². The minimum absolute atomic E-state index is 0.174. The van der Waals surface area contributed by atoms with Crippen molar-refractivity contribution in [2.24, 2.45) is 0 Å². The summed E-state index contributed by atoms with van der Waals surface area (Å²) in [6.45, 7) is 0.505. The van der Waals surface area contributed by atoms with E-state index < -0.39 is 24.0 Å². The van der Waals surface area contributed by atoms with Crippen LogP contribution >= 0.6 is 11.3 Å². The Morgan fingerprint density at radius 3 is 2.62 bits per heavy atom. The molecule has 0 radical (unpaired) electrons. The zero-order valence-electron chi connectivity index (χ0n) is 14.1. The molecule has 2 amide bonds. The van der Waals surface area contributed by atoms with Crippen molar-refractivity contribution in [3.8, 4) is 0 Å². The van der Waals surface area contributed by atoms with Gasteiger partial charge in [0, 0.05) is 13.0 Å². The Hall–Kier alpha value is -2.67. The fourth-order valence-electron chi connectivity index (χ4n) is 3.14. The predicted molar refractivity (Wildman–Crippen MR) is 98.1 cm³/mol. The van der Waals surface area contributed by atoms with Crippen LogP contribution in [-0.4, -0.2) is 46.4 Å². The summed E-state index contributed by atoms with van der Waals surface area (Å²) in [5, 5.41) is 13.9. The molecule has 2 unspecified atom stereocenters. The van der Waals surface area contributed by atoms with Crippen LogP contribution in [0.2, 0.25) is 0 Å². The number of benzene rings is 1. The zero-order chi connectivity index (χ0) is 18.5. The lowest BCUT2D eigenvalue weighted by molar-refractivity contribution is -0.142. The van der Waals surface area contributed by atoms with Gasteiger partial charge in [-0.1, -0.05) is 36.4 Å². The molecule has 1 aromatic carbocycles. The van der Waals surface area contributed by atoms with Crippen LogP contribution in [0.5, 0.6) is 0 Å². The van der Waals surface area contributed by atoms with Gasteiger partial charge in [-0.25, -0.2) is 4.79 Å². The third-order valence-corrected chi connectivity index (χ3v) is 5.30. The first-order valence-electron chi connectivity index (χ1n) is 8.48. The number of rotatable bonds is 6. The second-order valence-corrected chi connectivity index (χ2v) is 7.17. The highest BCUT2D eigenvalue weighted by molar-refractivity contribution is 7.12. The highest BCUT2D eigenvalue weighted by Gasteiger charge is 2.36. The molecular weight excluding hydrogens is 352 g/mol. The summed E-state index contributed by atoms with van der Waals surface area (Å²) in [4.78, 5) is 38.9. The number of carboxylic acid groups (broad SMARTS) is 1. The van der Waals surface area contributed by atoms with E-state index >= 15 is 0 Å². The van der Waals surface area contributed by atoms with E-state index in [9.17, 15) is 19.5 Å². The second kappa shape index (κ2) is 8.14. The molecule has 0 spiro atoms. The summed E-state index contributed by atoms with van der Waals surface area (Å²) in [5.74, 6) is -1.67. The van der Waals surface area contributed by atoms with Crippen LogP contribution in [0.25, 0.3) is 0 Å². The first-order chi connectivity index (χ1) is 12.6. The average molecular weight is 372 g/mol. The molecule has 136 valence electrons. The lowest BCUT2D eigenvalue weighted by Gasteiger charge is -2.25. The lowest BCUT2D eigenvalue weighted by atomic mass is 10.1. The monoisotopic (exact) mass is 372 g/mol. The topological polar surface area (TPSA) is 86.7 Å². The summed E-state index contributed by atoms with van der Waals surface area (Å²) in [5.41, 5.74) is 0.832. The van der Waals surface area contributed by atoms with Crippen molar-refractivity contribution < 1.29 is 19.5 Å². The fourth-order valence-corrected chi connectivity index (χ4v) is 3.82. The van der Waals surface area contributed by atoms with Gasteiger partial charge in [0.05, 0.1) is 4.88 Å². The summed E-state index contributed by atoms with van der Waals surface area (Å²) in [6, 6.07) is 11.0. The van der Waals surface area contributed by atoms with Crippen molar-refractivity contribution in [3.05, 3.63) is 58.3 Å². The molecule has 6 nitrogen and oxygen atoms in total. The number of carbonyl (C=O) groups is 3. The van der Waals surface area contributed by atoms with Crippen LogP contribution in [0.3, 0.4) is 0 Å². The zero-order valence-corrected chi connectivity index (χ0v) is 14.9. The molecule has 0 saturated carbocycles. The Morgan fingerprint density at radius 1 is 1.19 bits per heavy atom. The number of likely N-dealkylation sites (tertiary alicyclic amines) is 1. The SMILES string of the molecule is O=C(O)C(Cc1ccccc1)NC(=O)C1CCCN1C(=O)c1cccs1. The largest absolute Gasteiger partial charge is 0.480 e. The number of carbonyl (C=O) groups excluding carboxylic acids is 2. The fraction of sp³-hybridized carbons (Fsp3) is 0.316. The molecule has 7 heteroatoms. The quantitative estimate of drug-likeness (QED) is 0.814. The molecule has 1 aromatic heterocycles. The number of hydrogen-bond donors (Lipinski definition) is 2. The molecule has 2 heterocycles. The smallest absolute Gasteiger partial charge is 0.326 e. The minimum Gasteiger partial charge on any atom is -0.480 e. The Balaban J connectivity index is 1.68. The normalized spacial score (nSPS) is 17.7. The van der Waals surface area contributed by atoms with Gasteiger partial charge in [-0.2, -0.15) is 0 Å². The Labute approximate surface area is 155 Å². The summed E-state index contributed by atoms with van der Waals surface area (Å²) in [7, 11) is 0. The van der Waals surface area contributed by atoms with Gasteiger partial charge in [0.1, 0.15) is 12.1 Å². The van der Waals surface area contributed by atoms with Gasteiger partial charge in [-0.05, 0) is 29.9 Å². The maximum atomic E-state index is 12.7. The van der Waals surface area contributed by atoms with Crippen molar-refractivity contribution >= 4 is 29.1 Å². The summed E-state index contributed by atoms with van der Waals surface area (Å²) < 4.78 is 0. The van der Waals surface area contributed by atoms with Crippen LogP contribution in [0.1, 0.15) is 28.1 Å². The number of aliphatic carboxylic acids is 1. The lowest BCUT2D eigenvalue weighted by Crippen LogP contribution is -2.51. The Morgan fingerprint density at radius 2 is 1.96 bits per heavy atom. The molecule has 26 heavy (non-hydrogen) atoms. The standard InChI is InChI=1S/C19H20N2O4S/c22-17(20-14(19(24)25)12-13-6-2-1-3-7-13)15-8-4-10-21(15)18(23)16-9-5-11-26-16/h1-3,5-7,9,11,14-15H,4,8,10,12H2,(H,20,22)(H,24,25). The molecule has 1 aliphatic heterocycles. The molecule has 3 rings (SSSR count).